The minimum atomic E-state index is -9.19. The van der Waals surface area contributed by atoms with Crippen LogP contribution in [0.15, 0.2) is 83.8 Å². The zero-order chi connectivity index (χ0) is 25.2. The molecular formula is C24H25F6O3SSb. The van der Waals surface area contributed by atoms with Crippen molar-refractivity contribution in [2.75, 3.05) is 6.61 Å². The van der Waals surface area contributed by atoms with Crippen molar-refractivity contribution in [1.29, 1.82) is 0 Å². The van der Waals surface area contributed by atoms with Crippen LogP contribution in [0.25, 0.3) is 0 Å². The predicted molar refractivity (Wildman–Crippen MR) is 126 cm³/mol. The van der Waals surface area contributed by atoms with Crippen LogP contribution in [-0.2, 0) is 27.1 Å². The molecule has 0 heterocycles. The van der Waals surface area contributed by atoms with Gasteiger partial charge in [0, 0.05) is 27.6 Å². The van der Waals surface area contributed by atoms with Crippen LogP contribution in [0.1, 0.15) is 23.6 Å². The second kappa shape index (κ2) is 13.7. The van der Waals surface area contributed by atoms with E-state index >= 15 is 0 Å². The molecule has 3 aromatic rings. The quantitative estimate of drug-likeness (QED) is 0.126. The van der Waals surface area contributed by atoms with Crippen LogP contribution < -0.4 is 9.44 Å². The molecular weight excluding hydrogens is 604 g/mol. The summed E-state index contributed by atoms with van der Waals surface area (Å²) in [4.78, 5) is 12.9. The van der Waals surface area contributed by atoms with Crippen LogP contribution in [0.3, 0.4) is 0 Å². The van der Waals surface area contributed by atoms with Crippen molar-refractivity contribution >= 4 is 37.4 Å². The first-order valence-corrected chi connectivity index (χ1v) is 16.6. The summed E-state index contributed by atoms with van der Waals surface area (Å²) in [6.45, 7) is 4.13. The van der Waals surface area contributed by atoms with Crippen molar-refractivity contribution in [2.45, 2.75) is 30.2 Å². The van der Waals surface area contributed by atoms with E-state index < -0.39 is 26.5 Å². The molecule has 0 aromatic heterocycles. The Balaban J connectivity index is 0.000000780. The van der Waals surface area contributed by atoms with E-state index in [1.165, 1.54) is 16.0 Å². The van der Waals surface area contributed by atoms with Gasteiger partial charge in [-0.05, 0) is 32.0 Å². The van der Waals surface area contributed by atoms with E-state index in [0.29, 0.717) is 12.4 Å². The second-order valence-electron chi connectivity index (χ2n) is 7.10. The average molecular weight is 629 g/mol. The molecule has 0 aliphatic rings. The van der Waals surface area contributed by atoms with Gasteiger partial charge in [-0.3, -0.25) is 0 Å². The van der Waals surface area contributed by atoms with Gasteiger partial charge in [-0.15, -0.1) is 0 Å². The van der Waals surface area contributed by atoms with E-state index in [9.17, 15) is 18.9 Å². The minimum absolute atomic E-state index is 0. The summed E-state index contributed by atoms with van der Waals surface area (Å²) in [6.07, 6.45) is -0.665. The monoisotopic (exact) mass is 628 g/mol. The van der Waals surface area contributed by atoms with E-state index in [4.69, 9.17) is 9.47 Å². The number of aryl methyl sites for hydroxylation is 1. The molecule has 192 valence electrons. The third-order valence-electron chi connectivity index (χ3n) is 4.29. The zero-order valence-corrected chi connectivity index (χ0v) is 22.3. The number of rotatable bonds is 7. The Morgan fingerprint density at radius 2 is 1.29 bits per heavy atom. The van der Waals surface area contributed by atoms with Gasteiger partial charge in [-0.1, -0.05) is 60.7 Å². The Morgan fingerprint density at radius 1 is 0.829 bits per heavy atom. The van der Waals surface area contributed by atoms with Crippen molar-refractivity contribution in [1.82, 2.24) is 0 Å². The maximum absolute atomic E-state index is 11.6. The molecule has 0 spiro atoms. The molecule has 11 heteroatoms. The second-order valence-corrected chi connectivity index (χ2v) is 12.8. The van der Waals surface area contributed by atoms with Gasteiger partial charge in [-0.25, -0.2) is 4.79 Å². The van der Waals surface area contributed by atoms with E-state index in [0.717, 1.165) is 17.1 Å². The van der Waals surface area contributed by atoms with E-state index in [1.54, 1.807) is 6.92 Å². The molecule has 0 amide bonds. The Hall–Kier alpha value is -2.32. The fourth-order valence-electron chi connectivity index (χ4n) is 3.01. The van der Waals surface area contributed by atoms with Gasteiger partial charge >= 0.3 is 40.5 Å². The fraction of sp³-hybridized carbons (Fsp3) is 0.208. The first-order valence-electron chi connectivity index (χ1n) is 10.2. The Morgan fingerprint density at radius 3 is 1.69 bits per heavy atom. The van der Waals surface area contributed by atoms with Crippen LogP contribution in [-0.4, -0.2) is 33.1 Å². The molecule has 3 aromatic carbocycles. The van der Waals surface area contributed by atoms with Gasteiger partial charge in [0.1, 0.15) is 17.3 Å². The van der Waals surface area contributed by atoms with Crippen molar-refractivity contribution in [3.05, 3.63) is 95.6 Å². The van der Waals surface area contributed by atoms with Crippen LogP contribution in [0.5, 0.6) is 5.75 Å². The predicted octanol–water partition coefficient (Wildman–Crippen LogP) is 4.63. The molecule has 0 bridgehead atoms. The van der Waals surface area contributed by atoms with Gasteiger partial charge < -0.3 is 14.2 Å². The molecule has 3 rings (SSSR count). The summed E-state index contributed by atoms with van der Waals surface area (Å²) in [7, 11) is 0.00253. The van der Waals surface area contributed by atoms with Crippen LogP contribution >= 0.6 is 0 Å². The summed E-state index contributed by atoms with van der Waals surface area (Å²) in [6, 6.07) is 27.0. The molecule has 0 aliphatic carbocycles. The van der Waals surface area contributed by atoms with Crippen molar-refractivity contribution in [3.8, 4) is 5.75 Å². The number of halogens is 6. The molecule has 0 N–H and O–H groups in total. The van der Waals surface area contributed by atoms with Gasteiger partial charge in [0.05, 0.1) is 6.61 Å². The first-order chi connectivity index (χ1) is 15.9. The van der Waals surface area contributed by atoms with Crippen molar-refractivity contribution < 1.29 is 33.0 Å². The molecule has 0 aliphatic heterocycles. The van der Waals surface area contributed by atoms with Crippen molar-refractivity contribution in [3.63, 3.8) is 0 Å². The summed E-state index contributed by atoms with van der Waals surface area (Å²) >= 11 is -9.19. The number of hydrogen-bond acceptors (Lipinski definition) is 3. The van der Waals surface area contributed by atoms with Crippen LogP contribution in [0, 0.1) is 6.92 Å². The number of carbonyl (C=O) groups is 1. The van der Waals surface area contributed by atoms with Gasteiger partial charge in [-0.2, -0.15) is 0 Å². The van der Waals surface area contributed by atoms with E-state index in [2.05, 4.69) is 61.5 Å². The summed E-state index contributed by atoms with van der Waals surface area (Å²) in [5.41, 5.74) is 3.78. The zero-order valence-electron chi connectivity index (χ0n) is 19.0. The average Bonchev–Trinajstić information content (AvgIpc) is 2.73. The standard InChI is InChI=1S/C24H25O3S.6FH.Sb/c1-3-26-24(25)27-22-14-15-23(19(2)16-22)28(17-20-10-6-4-7-11-20)18-21-12-8-5-9-13-21;;;;;;;/h4-16H,3,17-18H2,1-2H3;6*1H;/q+1;;;;;;;+5/p-6. The molecule has 0 radical (unpaired) electrons. The summed E-state index contributed by atoms with van der Waals surface area (Å²) < 4.78 is 59.7. The fourth-order valence-corrected chi connectivity index (χ4v) is 5.39. The number of benzene rings is 3. The Kier molecular flexibility index (Phi) is 12.0. The molecule has 0 saturated carbocycles. The third-order valence-corrected chi connectivity index (χ3v) is 6.73. The number of carbonyl (C=O) groups excluding carboxylic acids is 1. The summed E-state index contributed by atoms with van der Waals surface area (Å²) in [5, 5.41) is 0. The molecule has 0 saturated heterocycles. The third kappa shape index (κ3) is 13.4. The van der Waals surface area contributed by atoms with E-state index in [-0.39, 0.29) is 15.6 Å². The topological polar surface area (TPSA) is 35.5 Å². The van der Waals surface area contributed by atoms with Crippen molar-refractivity contribution in [2.24, 2.45) is 0 Å². The SMILES string of the molecule is CCOC(=O)Oc1ccc([S+](Cc2ccccc2)Cc2ccccc2)c(C)c1.[F-].[F][Sb]([F])([F])([F])[F]. The molecule has 3 nitrogen and oxygen atoms in total. The molecule has 0 fully saturated rings. The first kappa shape index (κ1) is 30.7. The number of ether oxygens (including phenoxy) is 2. The van der Waals surface area contributed by atoms with E-state index in [1.807, 2.05) is 24.3 Å². The Labute approximate surface area is 208 Å². The molecule has 0 unspecified atom stereocenters. The van der Waals surface area contributed by atoms with Crippen LogP contribution in [0.2, 0.25) is 0 Å². The van der Waals surface area contributed by atoms with Gasteiger partial charge in [0.15, 0.2) is 4.90 Å². The number of hydrogen-bond donors (Lipinski definition) is 0. The van der Waals surface area contributed by atoms with Gasteiger partial charge in [0.25, 0.3) is 0 Å². The normalized spacial score (nSPS) is 11.8. The maximum atomic E-state index is 11.6. The summed E-state index contributed by atoms with van der Waals surface area (Å²) in [5.74, 6) is 2.48. The molecule has 35 heavy (non-hydrogen) atoms. The van der Waals surface area contributed by atoms with Crippen LogP contribution in [0.4, 0.5) is 18.9 Å². The Bertz CT molecular complexity index is 1000. The molecule has 0 atom stereocenters. The van der Waals surface area contributed by atoms with Gasteiger partial charge in [0.2, 0.25) is 0 Å².